The number of rotatable bonds is 2. The van der Waals surface area contributed by atoms with Crippen molar-refractivity contribution in [1.29, 1.82) is 0 Å². The van der Waals surface area contributed by atoms with Crippen LogP contribution in [0.4, 0.5) is 11.4 Å². The number of carbonyl (C=O) groups excluding carboxylic acids is 2. The van der Waals surface area contributed by atoms with E-state index in [0.717, 1.165) is 27.1 Å². The molecule has 0 aromatic heterocycles. The highest BCUT2D eigenvalue weighted by Crippen LogP contribution is 2.47. The van der Waals surface area contributed by atoms with Crippen molar-refractivity contribution in [2.45, 2.75) is 19.4 Å². The van der Waals surface area contributed by atoms with Crippen molar-refractivity contribution in [3.05, 3.63) is 57.7 Å². The van der Waals surface area contributed by atoms with Gasteiger partial charge in [-0.05, 0) is 42.2 Å². The molecule has 3 atom stereocenters. The molecule has 0 unspecified atom stereocenters. The van der Waals surface area contributed by atoms with Crippen LogP contribution in [0.3, 0.4) is 0 Å². The third-order valence-corrected chi connectivity index (χ3v) is 6.71. The molecule has 0 saturated heterocycles. The minimum absolute atomic E-state index is 0.155. The number of hydrogen-bond donors (Lipinski definition) is 2. The maximum absolute atomic E-state index is 13.7. The van der Waals surface area contributed by atoms with Gasteiger partial charge in [0.15, 0.2) is 17.3 Å². The number of para-hydroxylation sites is 2. The number of ether oxygens (including phenoxy) is 3. The normalized spacial score (nSPS) is 23.8. The maximum Gasteiger partial charge on any atom is 0.316 e. The molecule has 0 spiro atoms. The molecule has 1 aliphatic carbocycles. The molecule has 0 fully saturated rings. The number of benzene rings is 2. The van der Waals surface area contributed by atoms with E-state index in [-0.39, 0.29) is 18.5 Å². The summed E-state index contributed by atoms with van der Waals surface area (Å²) in [5, 5.41) is 6.95. The van der Waals surface area contributed by atoms with Gasteiger partial charge in [-0.25, -0.2) is 0 Å². The zero-order valence-electron chi connectivity index (χ0n) is 17.0. The third-order valence-electron chi connectivity index (χ3n) is 6.03. The fourth-order valence-electron chi connectivity index (χ4n) is 4.52. The summed E-state index contributed by atoms with van der Waals surface area (Å²) in [5.41, 5.74) is 3.91. The van der Waals surface area contributed by atoms with E-state index in [0.29, 0.717) is 23.5 Å². The Morgan fingerprint density at radius 3 is 2.61 bits per heavy atom. The van der Waals surface area contributed by atoms with Gasteiger partial charge >= 0.3 is 5.97 Å². The standard InChI is InChI=1S/C23H21BrN2O5/c1-11-7-16-20(22(27)19(11)23(28)29-2)21(26-15-6-4-3-5-14(15)25-16)12-8-17-18(9-13(12)24)31-10-30-17/h3-6,8-9,11,19,21,25-26H,7,10H2,1-2H3/t11-,19+,21-/m1/s1. The van der Waals surface area contributed by atoms with Gasteiger partial charge in [0.1, 0.15) is 5.92 Å². The van der Waals surface area contributed by atoms with Crippen molar-refractivity contribution in [3.63, 3.8) is 0 Å². The molecule has 8 heteroatoms. The topological polar surface area (TPSA) is 85.9 Å². The van der Waals surface area contributed by atoms with Crippen LogP contribution < -0.4 is 20.1 Å². The van der Waals surface area contributed by atoms with Crippen LogP contribution in [-0.2, 0) is 14.3 Å². The lowest BCUT2D eigenvalue weighted by Gasteiger charge is -2.32. The number of carbonyl (C=O) groups is 2. The zero-order valence-corrected chi connectivity index (χ0v) is 18.6. The first kappa shape index (κ1) is 19.9. The quantitative estimate of drug-likeness (QED) is 0.482. The highest BCUT2D eigenvalue weighted by molar-refractivity contribution is 9.10. The van der Waals surface area contributed by atoms with Crippen LogP contribution in [0.2, 0.25) is 0 Å². The molecule has 0 radical (unpaired) electrons. The first-order valence-corrected chi connectivity index (χ1v) is 10.8. The molecule has 31 heavy (non-hydrogen) atoms. The first-order chi connectivity index (χ1) is 15.0. The number of Topliss-reactive ketones (excluding diaryl/α,β-unsaturated/α-hetero) is 1. The number of fused-ring (bicyclic) bond motifs is 2. The van der Waals surface area contributed by atoms with Crippen molar-refractivity contribution < 1.29 is 23.8 Å². The van der Waals surface area contributed by atoms with Gasteiger partial charge in [0.25, 0.3) is 0 Å². The number of allylic oxidation sites excluding steroid dienone is 1. The van der Waals surface area contributed by atoms with Gasteiger partial charge in [-0.3, -0.25) is 9.59 Å². The fraction of sp³-hybridized carbons (Fsp3) is 0.304. The van der Waals surface area contributed by atoms with Crippen LogP contribution in [0, 0.1) is 11.8 Å². The number of ketones is 1. The lowest BCUT2D eigenvalue weighted by molar-refractivity contribution is -0.151. The number of halogens is 1. The minimum atomic E-state index is -0.844. The Balaban J connectivity index is 1.69. The Bertz CT molecular complexity index is 1130. The first-order valence-electron chi connectivity index (χ1n) is 10.0. The van der Waals surface area contributed by atoms with Crippen molar-refractivity contribution in [1.82, 2.24) is 0 Å². The Labute approximate surface area is 187 Å². The summed E-state index contributed by atoms with van der Waals surface area (Å²) >= 11 is 3.64. The fourth-order valence-corrected chi connectivity index (χ4v) is 5.07. The average Bonchev–Trinajstić information content (AvgIpc) is 3.13. The summed E-state index contributed by atoms with van der Waals surface area (Å²) in [5.74, 6) is -0.500. The van der Waals surface area contributed by atoms with E-state index in [1.807, 2.05) is 43.3 Å². The Morgan fingerprint density at radius 2 is 1.87 bits per heavy atom. The summed E-state index contributed by atoms with van der Waals surface area (Å²) in [6.07, 6.45) is 0.551. The number of methoxy groups -OCH3 is 1. The van der Waals surface area contributed by atoms with Crippen LogP contribution in [0.15, 0.2) is 52.1 Å². The summed E-state index contributed by atoms with van der Waals surface area (Å²) in [7, 11) is 1.32. The van der Waals surface area contributed by atoms with Gasteiger partial charge in [-0.2, -0.15) is 0 Å². The Morgan fingerprint density at radius 1 is 1.16 bits per heavy atom. The maximum atomic E-state index is 13.7. The van der Waals surface area contributed by atoms with E-state index in [2.05, 4.69) is 26.6 Å². The molecule has 2 aromatic carbocycles. The van der Waals surface area contributed by atoms with E-state index >= 15 is 0 Å². The predicted molar refractivity (Wildman–Crippen MR) is 118 cm³/mol. The van der Waals surface area contributed by atoms with Gasteiger partial charge in [-0.1, -0.05) is 35.0 Å². The van der Waals surface area contributed by atoms with E-state index < -0.39 is 17.9 Å². The second-order valence-corrected chi connectivity index (χ2v) is 8.77. The van der Waals surface area contributed by atoms with Crippen LogP contribution in [0.25, 0.3) is 0 Å². The van der Waals surface area contributed by atoms with Gasteiger partial charge in [0.2, 0.25) is 6.79 Å². The lowest BCUT2D eigenvalue weighted by Crippen LogP contribution is -2.39. The van der Waals surface area contributed by atoms with E-state index in [1.54, 1.807) is 0 Å². The molecular formula is C23H21BrN2O5. The zero-order chi connectivity index (χ0) is 21.7. The number of nitrogens with one attached hydrogen (secondary N) is 2. The molecule has 5 rings (SSSR count). The molecule has 7 nitrogen and oxygen atoms in total. The summed E-state index contributed by atoms with van der Waals surface area (Å²) in [4.78, 5) is 26.2. The highest BCUT2D eigenvalue weighted by atomic mass is 79.9. The van der Waals surface area contributed by atoms with Crippen molar-refractivity contribution >= 4 is 39.1 Å². The molecule has 2 heterocycles. The molecule has 3 aliphatic rings. The average molecular weight is 485 g/mol. The van der Waals surface area contributed by atoms with Gasteiger partial charge in [0.05, 0.1) is 24.5 Å². The largest absolute Gasteiger partial charge is 0.468 e. The lowest BCUT2D eigenvalue weighted by atomic mass is 9.75. The monoisotopic (exact) mass is 484 g/mol. The van der Waals surface area contributed by atoms with Crippen molar-refractivity contribution in [2.75, 3.05) is 24.5 Å². The molecule has 0 bridgehead atoms. The van der Waals surface area contributed by atoms with E-state index in [4.69, 9.17) is 14.2 Å². The second kappa shape index (κ2) is 7.60. The van der Waals surface area contributed by atoms with Gasteiger partial charge in [0, 0.05) is 15.7 Å². The molecule has 2 aromatic rings. The van der Waals surface area contributed by atoms with Crippen molar-refractivity contribution in [3.8, 4) is 11.5 Å². The molecule has 0 saturated carbocycles. The Hall–Kier alpha value is -3.00. The highest BCUT2D eigenvalue weighted by Gasteiger charge is 2.44. The second-order valence-electron chi connectivity index (χ2n) is 7.91. The summed E-state index contributed by atoms with van der Waals surface area (Å²) < 4.78 is 16.8. The number of esters is 1. The molecule has 2 N–H and O–H groups in total. The van der Waals surface area contributed by atoms with Crippen LogP contribution in [-0.4, -0.2) is 25.7 Å². The SMILES string of the molecule is COC(=O)[C@@H]1C(=O)C2=C(C[C@H]1C)Nc1ccccc1N[C@@H]2c1cc2c(cc1Br)OCO2. The van der Waals surface area contributed by atoms with Crippen molar-refractivity contribution in [2.24, 2.45) is 11.8 Å². The number of anilines is 2. The molecule has 0 amide bonds. The van der Waals surface area contributed by atoms with Crippen LogP contribution in [0.1, 0.15) is 24.9 Å². The number of hydrogen-bond acceptors (Lipinski definition) is 7. The summed E-state index contributed by atoms with van der Waals surface area (Å²) in [6, 6.07) is 11.0. The van der Waals surface area contributed by atoms with E-state index in [1.165, 1.54) is 7.11 Å². The summed E-state index contributed by atoms with van der Waals surface area (Å²) in [6.45, 7) is 2.06. The predicted octanol–water partition coefficient (Wildman–Crippen LogP) is 4.41. The van der Waals surface area contributed by atoms with Crippen LogP contribution in [0.5, 0.6) is 11.5 Å². The molecule has 160 valence electrons. The molecular weight excluding hydrogens is 464 g/mol. The van der Waals surface area contributed by atoms with Crippen LogP contribution >= 0.6 is 15.9 Å². The smallest absolute Gasteiger partial charge is 0.316 e. The minimum Gasteiger partial charge on any atom is -0.468 e. The van der Waals surface area contributed by atoms with Gasteiger partial charge < -0.3 is 24.8 Å². The molecule has 2 aliphatic heterocycles. The third kappa shape index (κ3) is 3.26. The van der Waals surface area contributed by atoms with E-state index in [9.17, 15) is 9.59 Å². The Kier molecular flexibility index (Phi) is 4.89. The van der Waals surface area contributed by atoms with Gasteiger partial charge in [-0.15, -0.1) is 0 Å².